The van der Waals surface area contributed by atoms with Gasteiger partial charge in [-0.3, -0.25) is 4.79 Å². The van der Waals surface area contributed by atoms with Crippen LogP contribution < -0.4 is 14.8 Å². The van der Waals surface area contributed by atoms with Crippen LogP contribution in [0.3, 0.4) is 0 Å². The van der Waals surface area contributed by atoms with E-state index < -0.39 is 21.9 Å². The molecular weight excluding hydrogens is 347 g/mol. The Labute approximate surface area is 146 Å². The van der Waals surface area contributed by atoms with Crippen molar-refractivity contribution in [1.29, 1.82) is 0 Å². The zero-order chi connectivity index (χ0) is 18.6. The quantitative estimate of drug-likeness (QED) is 0.823. The summed E-state index contributed by atoms with van der Waals surface area (Å²) >= 11 is 0. The third-order valence-electron chi connectivity index (χ3n) is 3.49. The van der Waals surface area contributed by atoms with Crippen LogP contribution in [0.15, 0.2) is 47.4 Å². The average molecular weight is 366 g/mol. The van der Waals surface area contributed by atoms with Crippen LogP contribution in [0.2, 0.25) is 0 Å². The number of sulfonamides is 1. The van der Waals surface area contributed by atoms with Gasteiger partial charge >= 0.3 is 0 Å². The van der Waals surface area contributed by atoms with E-state index in [2.05, 4.69) is 10.0 Å². The molecule has 0 aliphatic carbocycles. The fourth-order valence-electron chi connectivity index (χ4n) is 2.26. The second kappa shape index (κ2) is 7.62. The standard InChI is InChI=1S/C17H19FN2O4S/c1-11(13-4-6-14(18)7-5-13)20-25(22,23)15-8-9-17(24-3)16(10-15)19-12(2)21/h4-11,20H,1-3H3,(H,19,21)/t11-/m0/s1. The van der Waals surface area contributed by atoms with Gasteiger partial charge in [0.25, 0.3) is 0 Å². The van der Waals surface area contributed by atoms with Crippen LogP contribution in [0.4, 0.5) is 10.1 Å². The highest BCUT2D eigenvalue weighted by atomic mass is 32.2. The largest absolute Gasteiger partial charge is 0.495 e. The Morgan fingerprint density at radius 3 is 2.36 bits per heavy atom. The molecule has 0 unspecified atom stereocenters. The highest BCUT2D eigenvalue weighted by Crippen LogP contribution is 2.28. The number of hydrogen-bond acceptors (Lipinski definition) is 4. The van der Waals surface area contributed by atoms with Crippen molar-refractivity contribution in [2.24, 2.45) is 0 Å². The molecule has 134 valence electrons. The molecule has 6 nitrogen and oxygen atoms in total. The number of halogens is 1. The zero-order valence-electron chi connectivity index (χ0n) is 14.0. The molecule has 0 bridgehead atoms. The minimum absolute atomic E-state index is 0.0222. The molecule has 0 aliphatic rings. The molecule has 2 N–H and O–H groups in total. The van der Waals surface area contributed by atoms with Crippen LogP contribution in [0.1, 0.15) is 25.5 Å². The van der Waals surface area contributed by atoms with Crippen molar-refractivity contribution in [1.82, 2.24) is 4.72 Å². The first kappa shape index (κ1) is 18.9. The summed E-state index contributed by atoms with van der Waals surface area (Å²) in [5.74, 6) is -0.393. The summed E-state index contributed by atoms with van der Waals surface area (Å²) in [6.07, 6.45) is 0. The third kappa shape index (κ3) is 4.77. The number of nitrogens with one attached hydrogen (secondary N) is 2. The van der Waals surface area contributed by atoms with Gasteiger partial charge in [0.15, 0.2) is 0 Å². The van der Waals surface area contributed by atoms with E-state index in [1.165, 1.54) is 56.5 Å². The fourth-order valence-corrected chi connectivity index (χ4v) is 3.52. The van der Waals surface area contributed by atoms with Crippen molar-refractivity contribution >= 4 is 21.6 Å². The van der Waals surface area contributed by atoms with Crippen LogP contribution in [0.5, 0.6) is 5.75 Å². The molecule has 0 heterocycles. The van der Waals surface area contributed by atoms with E-state index in [0.717, 1.165) is 0 Å². The maximum absolute atomic E-state index is 13.0. The maximum Gasteiger partial charge on any atom is 0.241 e. The summed E-state index contributed by atoms with van der Waals surface area (Å²) in [5, 5.41) is 2.53. The van der Waals surface area contributed by atoms with Crippen molar-refractivity contribution < 1.29 is 22.3 Å². The van der Waals surface area contributed by atoms with E-state index in [4.69, 9.17) is 4.74 Å². The molecule has 0 saturated heterocycles. The Kier molecular flexibility index (Phi) is 5.76. The van der Waals surface area contributed by atoms with Gasteiger partial charge in [-0.1, -0.05) is 12.1 Å². The monoisotopic (exact) mass is 366 g/mol. The van der Waals surface area contributed by atoms with Gasteiger partial charge in [0.1, 0.15) is 11.6 Å². The molecule has 0 radical (unpaired) electrons. The minimum atomic E-state index is -3.85. The topological polar surface area (TPSA) is 84.5 Å². The van der Waals surface area contributed by atoms with Crippen molar-refractivity contribution in [2.75, 3.05) is 12.4 Å². The second-order valence-electron chi connectivity index (χ2n) is 5.44. The number of carbonyl (C=O) groups is 1. The summed E-state index contributed by atoms with van der Waals surface area (Å²) in [5.41, 5.74) is 0.882. The molecule has 0 aliphatic heterocycles. The number of amides is 1. The van der Waals surface area contributed by atoms with Gasteiger partial charge in [0.05, 0.1) is 17.7 Å². The van der Waals surface area contributed by atoms with Crippen LogP contribution in [-0.2, 0) is 14.8 Å². The molecule has 2 aromatic carbocycles. The van der Waals surface area contributed by atoms with E-state index in [0.29, 0.717) is 11.3 Å². The molecule has 0 aromatic heterocycles. The number of benzene rings is 2. The summed E-state index contributed by atoms with van der Waals surface area (Å²) < 4.78 is 45.8. The number of hydrogen-bond donors (Lipinski definition) is 2. The number of methoxy groups -OCH3 is 1. The lowest BCUT2D eigenvalue weighted by Gasteiger charge is -2.16. The summed E-state index contributed by atoms with van der Waals surface area (Å²) in [7, 11) is -2.43. The molecule has 25 heavy (non-hydrogen) atoms. The van der Waals surface area contributed by atoms with Gasteiger partial charge in [-0.05, 0) is 42.8 Å². The van der Waals surface area contributed by atoms with Crippen LogP contribution in [-0.4, -0.2) is 21.4 Å². The van der Waals surface area contributed by atoms with Crippen molar-refractivity contribution in [3.05, 3.63) is 53.8 Å². The lowest BCUT2D eigenvalue weighted by atomic mass is 10.1. The first-order valence-corrected chi connectivity index (χ1v) is 8.94. The summed E-state index contributed by atoms with van der Waals surface area (Å²) in [6.45, 7) is 2.97. The van der Waals surface area contributed by atoms with Gasteiger partial charge in [0.2, 0.25) is 15.9 Å². The van der Waals surface area contributed by atoms with Gasteiger partial charge < -0.3 is 10.1 Å². The molecule has 1 amide bonds. The first-order valence-electron chi connectivity index (χ1n) is 7.46. The van der Waals surface area contributed by atoms with E-state index in [-0.39, 0.29) is 16.5 Å². The van der Waals surface area contributed by atoms with E-state index in [1.807, 2.05) is 0 Å². The molecule has 0 saturated carbocycles. The van der Waals surface area contributed by atoms with Gasteiger partial charge in [-0.15, -0.1) is 0 Å². The average Bonchev–Trinajstić information content (AvgIpc) is 2.54. The number of ether oxygens (including phenoxy) is 1. The smallest absolute Gasteiger partial charge is 0.241 e. The first-order chi connectivity index (χ1) is 11.7. The van der Waals surface area contributed by atoms with E-state index in [9.17, 15) is 17.6 Å². The number of carbonyl (C=O) groups excluding carboxylic acids is 1. The Morgan fingerprint density at radius 1 is 1.16 bits per heavy atom. The molecular formula is C17H19FN2O4S. The number of rotatable bonds is 6. The predicted octanol–water partition coefficient (Wildman–Crippen LogP) is 2.83. The maximum atomic E-state index is 13.0. The lowest BCUT2D eigenvalue weighted by molar-refractivity contribution is -0.114. The van der Waals surface area contributed by atoms with Crippen LogP contribution in [0, 0.1) is 5.82 Å². The highest BCUT2D eigenvalue weighted by molar-refractivity contribution is 7.89. The van der Waals surface area contributed by atoms with E-state index >= 15 is 0 Å². The number of anilines is 1. The second-order valence-corrected chi connectivity index (χ2v) is 7.15. The molecule has 2 rings (SSSR count). The fraction of sp³-hybridized carbons (Fsp3) is 0.235. The van der Waals surface area contributed by atoms with Crippen LogP contribution in [0.25, 0.3) is 0 Å². The van der Waals surface area contributed by atoms with E-state index in [1.54, 1.807) is 6.92 Å². The molecule has 2 aromatic rings. The Balaban J connectivity index is 2.29. The van der Waals surface area contributed by atoms with Gasteiger partial charge in [-0.2, -0.15) is 0 Å². The van der Waals surface area contributed by atoms with Crippen molar-refractivity contribution in [2.45, 2.75) is 24.8 Å². The highest BCUT2D eigenvalue weighted by Gasteiger charge is 2.20. The Hall–Kier alpha value is -2.45. The molecule has 1 atom stereocenters. The zero-order valence-corrected chi connectivity index (χ0v) is 14.9. The third-order valence-corrected chi connectivity index (χ3v) is 5.03. The lowest BCUT2D eigenvalue weighted by Crippen LogP contribution is -2.27. The Bertz CT molecular complexity index is 867. The predicted molar refractivity (Wildman–Crippen MR) is 92.4 cm³/mol. The van der Waals surface area contributed by atoms with Crippen molar-refractivity contribution in [3.8, 4) is 5.75 Å². The van der Waals surface area contributed by atoms with Gasteiger partial charge in [0, 0.05) is 13.0 Å². The van der Waals surface area contributed by atoms with Gasteiger partial charge in [-0.25, -0.2) is 17.5 Å². The molecule has 0 fully saturated rings. The SMILES string of the molecule is COc1ccc(S(=O)(=O)N[C@@H](C)c2ccc(F)cc2)cc1NC(C)=O. The molecule has 0 spiro atoms. The van der Waals surface area contributed by atoms with Crippen LogP contribution >= 0.6 is 0 Å². The summed E-state index contributed by atoms with van der Waals surface area (Å²) in [4.78, 5) is 11.2. The Morgan fingerprint density at radius 2 is 1.80 bits per heavy atom. The molecule has 8 heteroatoms. The summed E-state index contributed by atoms with van der Waals surface area (Å²) in [6, 6.07) is 9.16. The normalized spacial score (nSPS) is 12.5. The van der Waals surface area contributed by atoms with Crippen molar-refractivity contribution in [3.63, 3.8) is 0 Å². The minimum Gasteiger partial charge on any atom is -0.495 e.